The van der Waals surface area contributed by atoms with E-state index in [2.05, 4.69) is 47.4 Å². The molecule has 0 radical (unpaired) electrons. The molecule has 1 heterocycles. The Bertz CT molecular complexity index is 677. The first-order valence-corrected chi connectivity index (χ1v) is 8.51. The van der Waals surface area contributed by atoms with E-state index in [1.54, 1.807) is 0 Å². The summed E-state index contributed by atoms with van der Waals surface area (Å²) in [7, 11) is 0. The van der Waals surface area contributed by atoms with Crippen molar-refractivity contribution in [3.63, 3.8) is 0 Å². The second-order valence-electron chi connectivity index (χ2n) is 6.69. The molecule has 0 amide bonds. The van der Waals surface area contributed by atoms with Gasteiger partial charge in [0.15, 0.2) is 0 Å². The van der Waals surface area contributed by atoms with Gasteiger partial charge in [0.2, 0.25) is 0 Å². The van der Waals surface area contributed by atoms with Gasteiger partial charge in [-0.15, -0.1) is 12.4 Å². The zero-order chi connectivity index (χ0) is 15.6. The van der Waals surface area contributed by atoms with Crippen LogP contribution in [0.3, 0.4) is 0 Å². The summed E-state index contributed by atoms with van der Waals surface area (Å²) >= 11 is 0. The van der Waals surface area contributed by atoms with Gasteiger partial charge in [-0.2, -0.15) is 0 Å². The molecule has 1 saturated heterocycles. The SMILES string of the molecule is Cl.O[C@@H]1CN(Cc2ccccc2)C[C@H]1Oc1ccc2c(c1)CCC2. The number of nitrogens with zero attached hydrogens (tertiary/aromatic N) is 1. The zero-order valence-electron chi connectivity index (χ0n) is 13.7. The van der Waals surface area contributed by atoms with E-state index in [1.807, 2.05) is 6.07 Å². The Labute approximate surface area is 149 Å². The van der Waals surface area contributed by atoms with E-state index < -0.39 is 6.10 Å². The third-order valence-corrected chi connectivity index (χ3v) is 4.92. The van der Waals surface area contributed by atoms with Crippen molar-refractivity contribution in [3.8, 4) is 5.75 Å². The molecule has 4 rings (SSSR count). The molecule has 2 atom stereocenters. The van der Waals surface area contributed by atoms with Crippen LogP contribution >= 0.6 is 12.4 Å². The molecule has 2 aromatic carbocycles. The summed E-state index contributed by atoms with van der Waals surface area (Å²) in [5.74, 6) is 0.899. The molecule has 4 heteroatoms. The van der Waals surface area contributed by atoms with Crippen molar-refractivity contribution in [3.05, 3.63) is 65.2 Å². The van der Waals surface area contributed by atoms with Gasteiger partial charge in [-0.05, 0) is 48.1 Å². The van der Waals surface area contributed by atoms with Gasteiger partial charge in [0, 0.05) is 19.6 Å². The predicted octanol–water partition coefficient (Wildman–Crippen LogP) is 3.22. The highest BCUT2D eigenvalue weighted by Gasteiger charge is 2.33. The number of ether oxygens (including phenoxy) is 1. The lowest BCUT2D eigenvalue weighted by Gasteiger charge is -2.18. The molecular weight excluding hydrogens is 322 g/mol. The van der Waals surface area contributed by atoms with Crippen LogP contribution in [0.15, 0.2) is 48.5 Å². The Morgan fingerprint density at radius 1 is 1.00 bits per heavy atom. The number of aliphatic hydroxyl groups excluding tert-OH is 1. The van der Waals surface area contributed by atoms with Gasteiger partial charge in [0.05, 0.1) is 0 Å². The number of fused-ring (bicyclic) bond motifs is 1. The van der Waals surface area contributed by atoms with Crippen LogP contribution in [0.5, 0.6) is 5.75 Å². The summed E-state index contributed by atoms with van der Waals surface area (Å²) in [4.78, 5) is 2.26. The maximum Gasteiger partial charge on any atom is 0.138 e. The number of halogens is 1. The lowest BCUT2D eigenvalue weighted by molar-refractivity contribution is 0.0736. The number of hydrogen-bond acceptors (Lipinski definition) is 3. The van der Waals surface area contributed by atoms with Crippen molar-refractivity contribution in [2.24, 2.45) is 0 Å². The highest BCUT2D eigenvalue weighted by atomic mass is 35.5. The van der Waals surface area contributed by atoms with Crippen molar-refractivity contribution in [1.29, 1.82) is 0 Å². The van der Waals surface area contributed by atoms with Crippen LogP contribution < -0.4 is 4.74 Å². The van der Waals surface area contributed by atoms with E-state index in [1.165, 1.54) is 29.5 Å². The van der Waals surface area contributed by atoms with E-state index >= 15 is 0 Å². The smallest absolute Gasteiger partial charge is 0.138 e. The first-order valence-electron chi connectivity index (χ1n) is 8.51. The molecule has 0 saturated carbocycles. The Morgan fingerprint density at radius 2 is 1.79 bits per heavy atom. The molecule has 128 valence electrons. The number of benzene rings is 2. The highest BCUT2D eigenvalue weighted by molar-refractivity contribution is 5.85. The Hall–Kier alpha value is -1.55. The summed E-state index contributed by atoms with van der Waals surface area (Å²) in [6.07, 6.45) is 3.02. The molecule has 2 aromatic rings. The van der Waals surface area contributed by atoms with E-state index in [4.69, 9.17) is 4.74 Å². The zero-order valence-corrected chi connectivity index (χ0v) is 14.5. The molecular formula is C20H24ClNO2. The number of hydrogen-bond donors (Lipinski definition) is 1. The molecule has 3 nitrogen and oxygen atoms in total. The van der Waals surface area contributed by atoms with Crippen LogP contribution in [-0.2, 0) is 19.4 Å². The minimum Gasteiger partial charge on any atom is -0.486 e. The summed E-state index contributed by atoms with van der Waals surface area (Å²) in [6.45, 7) is 2.31. The largest absolute Gasteiger partial charge is 0.486 e. The molecule has 24 heavy (non-hydrogen) atoms. The monoisotopic (exact) mass is 345 g/mol. The third-order valence-electron chi connectivity index (χ3n) is 4.92. The fourth-order valence-electron chi connectivity index (χ4n) is 3.72. The highest BCUT2D eigenvalue weighted by Crippen LogP contribution is 2.28. The second kappa shape index (κ2) is 7.56. The fourth-order valence-corrected chi connectivity index (χ4v) is 3.72. The molecule has 1 fully saturated rings. The van der Waals surface area contributed by atoms with Crippen molar-refractivity contribution >= 4 is 12.4 Å². The van der Waals surface area contributed by atoms with Crippen LogP contribution in [0.25, 0.3) is 0 Å². The first kappa shape index (κ1) is 17.3. The topological polar surface area (TPSA) is 32.7 Å². The number of β-amino-alcohol motifs (C(OH)–C–C–N with tert-alkyl or cyclic N) is 1. The molecule has 0 spiro atoms. The quantitative estimate of drug-likeness (QED) is 0.923. The van der Waals surface area contributed by atoms with E-state index in [0.717, 1.165) is 25.3 Å². The Balaban J connectivity index is 0.00000169. The van der Waals surface area contributed by atoms with E-state index in [-0.39, 0.29) is 18.5 Å². The summed E-state index contributed by atoms with van der Waals surface area (Å²) < 4.78 is 6.09. The van der Waals surface area contributed by atoms with Crippen molar-refractivity contribution in [2.75, 3.05) is 13.1 Å². The minimum absolute atomic E-state index is 0. The summed E-state index contributed by atoms with van der Waals surface area (Å²) in [5.41, 5.74) is 4.14. The van der Waals surface area contributed by atoms with Crippen molar-refractivity contribution < 1.29 is 9.84 Å². The Morgan fingerprint density at radius 3 is 2.62 bits per heavy atom. The van der Waals surface area contributed by atoms with E-state index in [0.29, 0.717) is 6.54 Å². The number of aliphatic hydroxyl groups is 1. The third kappa shape index (κ3) is 3.75. The van der Waals surface area contributed by atoms with Crippen LogP contribution in [0.1, 0.15) is 23.1 Å². The first-order chi connectivity index (χ1) is 11.3. The van der Waals surface area contributed by atoms with Crippen molar-refractivity contribution in [1.82, 2.24) is 4.90 Å². The van der Waals surface area contributed by atoms with Gasteiger partial charge < -0.3 is 9.84 Å². The molecule has 1 N–H and O–H groups in total. The number of likely N-dealkylation sites (tertiary alicyclic amines) is 1. The van der Waals surface area contributed by atoms with Gasteiger partial charge in [-0.25, -0.2) is 0 Å². The number of rotatable bonds is 4. The van der Waals surface area contributed by atoms with Crippen molar-refractivity contribution in [2.45, 2.75) is 38.0 Å². The van der Waals surface area contributed by atoms with Gasteiger partial charge in [0.25, 0.3) is 0 Å². The summed E-state index contributed by atoms with van der Waals surface area (Å²) in [6, 6.07) is 16.8. The predicted molar refractivity (Wildman–Crippen MR) is 97.9 cm³/mol. The maximum atomic E-state index is 10.3. The lowest BCUT2D eigenvalue weighted by atomic mass is 10.1. The Kier molecular flexibility index (Phi) is 5.44. The van der Waals surface area contributed by atoms with Gasteiger partial charge in [-0.1, -0.05) is 36.4 Å². The van der Waals surface area contributed by atoms with Gasteiger partial charge in [-0.3, -0.25) is 4.90 Å². The van der Waals surface area contributed by atoms with E-state index in [9.17, 15) is 5.11 Å². The molecule has 0 unspecified atom stereocenters. The average Bonchev–Trinajstić information content (AvgIpc) is 3.15. The van der Waals surface area contributed by atoms with Crippen LogP contribution in [-0.4, -0.2) is 35.3 Å². The lowest BCUT2D eigenvalue weighted by Crippen LogP contribution is -2.30. The molecule has 1 aliphatic carbocycles. The average molecular weight is 346 g/mol. The normalized spacial score (nSPS) is 22.9. The minimum atomic E-state index is -0.424. The molecule has 0 aromatic heterocycles. The second-order valence-corrected chi connectivity index (χ2v) is 6.69. The van der Waals surface area contributed by atoms with Crippen LogP contribution in [0, 0.1) is 0 Å². The van der Waals surface area contributed by atoms with Gasteiger partial charge in [0.1, 0.15) is 18.0 Å². The maximum absolute atomic E-state index is 10.3. The molecule has 0 bridgehead atoms. The molecule has 1 aliphatic heterocycles. The van der Waals surface area contributed by atoms with Crippen LogP contribution in [0.2, 0.25) is 0 Å². The fraction of sp³-hybridized carbons (Fsp3) is 0.400. The van der Waals surface area contributed by atoms with Crippen LogP contribution in [0.4, 0.5) is 0 Å². The summed E-state index contributed by atoms with van der Waals surface area (Å²) in [5, 5.41) is 10.3. The molecule has 2 aliphatic rings. The number of aryl methyl sites for hydroxylation is 2. The van der Waals surface area contributed by atoms with Gasteiger partial charge >= 0.3 is 0 Å². The standard InChI is InChI=1S/C20H23NO2.ClH/c22-19-13-21(12-15-5-2-1-3-6-15)14-20(19)23-18-10-9-16-7-4-8-17(16)11-18;/h1-3,5-6,9-11,19-20,22H,4,7-8,12-14H2;1H/t19-,20-;/m1./s1.